The Morgan fingerprint density at radius 1 is 1.24 bits per heavy atom. The molecule has 1 saturated heterocycles. The number of benzene rings is 1. The molecule has 198 valence electrons. The van der Waals surface area contributed by atoms with Gasteiger partial charge in [-0.25, -0.2) is 13.8 Å². The lowest BCUT2D eigenvalue weighted by molar-refractivity contribution is -0.139. The van der Waals surface area contributed by atoms with E-state index < -0.39 is 12.1 Å². The van der Waals surface area contributed by atoms with Gasteiger partial charge in [0.25, 0.3) is 0 Å². The zero-order chi connectivity index (χ0) is 26.2. The minimum Gasteiger partial charge on any atom is -0.497 e. The Labute approximate surface area is 220 Å². The second kappa shape index (κ2) is 13.1. The van der Waals surface area contributed by atoms with Gasteiger partial charge < -0.3 is 14.7 Å². The number of alkyl halides is 1. The van der Waals surface area contributed by atoms with Gasteiger partial charge >= 0.3 is 5.97 Å². The maximum Gasteiger partial charge on any atom is 0.303 e. The highest BCUT2D eigenvalue weighted by atomic mass is 32.2. The largest absolute Gasteiger partial charge is 0.497 e. The van der Waals surface area contributed by atoms with Crippen LogP contribution in [0.3, 0.4) is 0 Å². The predicted molar refractivity (Wildman–Crippen MR) is 141 cm³/mol. The first-order valence-electron chi connectivity index (χ1n) is 12.7. The molecule has 0 aliphatic carbocycles. The summed E-state index contributed by atoms with van der Waals surface area (Å²) >= 11 is 1.40. The lowest BCUT2D eigenvalue weighted by atomic mass is 9.79. The Bertz CT molecular complexity index is 1200. The topological polar surface area (TPSA) is 75.5 Å². The molecule has 3 heterocycles. The van der Waals surface area contributed by atoms with Crippen LogP contribution in [0.15, 0.2) is 53.8 Å². The van der Waals surface area contributed by atoms with Crippen LogP contribution in [0.5, 0.6) is 5.75 Å². The van der Waals surface area contributed by atoms with Crippen LogP contribution in [0.1, 0.15) is 43.8 Å². The molecule has 2 aromatic heterocycles. The summed E-state index contributed by atoms with van der Waals surface area (Å²) in [6.07, 6.45) is 4.81. The molecule has 1 aromatic carbocycles. The highest BCUT2D eigenvalue weighted by Gasteiger charge is 2.31. The molecule has 1 N–H and O–H groups in total. The van der Waals surface area contributed by atoms with E-state index >= 15 is 4.39 Å². The minimum atomic E-state index is -1.16. The van der Waals surface area contributed by atoms with Crippen molar-refractivity contribution >= 4 is 28.6 Å². The van der Waals surface area contributed by atoms with Crippen molar-refractivity contribution in [2.75, 3.05) is 32.5 Å². The lowest BCUT2D eigenvalue weighted by Gasteiger charge is -2.38. The molecule has 1 aliphatic rings. The number of nitrogens with zero attached hydrogens (tertiary/aromatic N) is 3. The third-order valence-electron chi connectivity index (χ3n) is 7.11. The molecule has 9 heteroatoms. The van der Waals surface area contributed by atoms with Gasteiger partial charge in [0.2, 0.25) is 0 Å². The number of methoxy groups -OCH3 is 1. The summed E-state index contributed by atoms with van der Waals surface area (Å²) in [6.45, 7) is 2.36. The van der Waals surface area contributed by atoms with Crippen molar-refractivity contribution in [3.05, 3.63) is 60.2 Å². The van der Waals surface area contributed by atoms with Gasteiger partial charge in [0.1, 0.15) is 16.9 Å². The number of pyridine rings is 2. The Morgan fingerprint density at radius 2 is 2.11 bits per heavy atom. The number of aromatic nitrogens is 2. The number of piperidine rings is 1. The Hall–Kier alpha value is -2.78. The molecule has 6 nitrogen and oxygen atoms in total. The summed E-state index contributed by atoms with van der Waals surface area (Å²) in [5, 5.41) is 10.7. The van der Waals surface area contributed by atoms with Gasteiger partial charge in [-0.1, -0.05) is 0 Å². The molecule has 4 rings (SSSR count). The summed E-state index contributed by atoms with van der Waals surface area (Å²) in [5.74, 6) is 0.415. The molecule has 1 fully saturated rings. The van der Waals surface area contributed by atoms with Crippen molar-refractivity contribution in [2.24, 2.45) is 11.8 Å². The second-order valence-electron chi connectivity index (χ2n) is 9.53. The van der Waals surface area contributed by atoms with Gasteiger partial charge in [-0.2, -0.15) is 0 Å². The number of halogens is 2. The zero-order valence-corrected chi connectivity index (χ0v) is 21.8. The van der Waals surface area contributed by atoms with Crippen molar-refractivity contribution in [3.63, 3.8) is 0 Å². The molecule has 0 saturated carbocycles. The number of carboxylic acids is 1. The highest BCUT2D eigenvalue weighted by Crippen LogP contribution is 2.36. The number of carboxylic acid groups (broad SMARTS) is 1. The predicted octanol–water partition coefficient (Wildman–Crippen LogP) is 6.16. The quantitative estimate of drug-likeness (QED) is 0.222. The maximum absolute atomic E-state index is 15.5. The molecular formula is C28H33F2N3O3S. The summed E-state index contributed by atoms with van der Waals surface area (Å²) < 4.78 is 34.5. The van der Waals surface area contributed by atoms with Crippen LogP contribution in [0, 0.1) is 17.7 Å². The van der Waals surface area contributed by atoms with Crippen LogP contribution in [0.25, 0.3) is 10.9 Å². The van der Waals surface area contributed by atoms with Crippen molar-refractivity contribution < 1.29 is 23.4 Å². The first kappa shape index (κ1) is 27.3. The van der Waals surface area contributed by atoms with Gasteiger partial charge in [-0.3, -0.25) is 9.78 Å². The zero-order valence-electron chi connectivity index (χ0n) is 21.0. The molecule has 1 aliphatic heterocycles. The van der Waals surface area contributed by atoms with E-state index in [4.69, 9.17) is 4.74 Å². The Kier molecular flexibility index (Phi) is 9.68. The third-order valence-corrected chi connectivity index (χ3v) is 8.17. The second-order valence-corrected chi connectivity index (χ2v) is 10.6. The first-order valence-corrected chi connectivity index (χ1v) is 13.7. The molecule has 0 radical (unpaired) electrons. The molecule has 0 spiro atoms. The van der Waals surface area contributed by atoms with Gasteiger partial charge in [-0.15, -0.1) is 11.8 Å². The lowest BCUT2D eigenvalue weighted by Crippen LogP contribution is -2.42. The number of hydrogen-bond donors (Lipinski definition) is 1. The number of fused-ring (bicyclic) bond motifs is 1. The van der Waals surface area contributed by atoms with Gasteiger partial charge in [-0.05, 0) is 92.6 Å². The Morgan fingerprint density at radius 3 is 2.89 bits per heavy atom. The monoisotopic (exact) mass is 529 g/mol. The number of likely N-dealkylation sites (tertiary alicyclic amines) is 1. The maximum atomic E-state index is 15.5. The van der Waals surface area contributed by atoms with Crippen molar-refractivity contribution in [2.45, 2.75) is 43.3 Å². The van der Waals surface area contributed by atoms with Crippen LogP contribution < -0.4 is 4.74 Å². The summed E-state index contributed by atoms with van der Waals surface area (Å²) in [6, 6.07) is 10.2. The van der Waals surface area contributed by atoms with E-state index in [9.17, 15) is 14.3 Å². The van der Waals surface area contributed by atoms with Crippen molar-refractivity contribution in [1.29, 1.82) is 0 Å². The van der Waals surface area contributed by atoms with E-state index in [1.165, 1.54) is 17.8 Å². The van der Waals surface area contributed by atoms with E-state index in [0.717, 1.165) is 42.6 Å². The van der Waals surface area contributed by atoms with Crippen LogP contribution in [0.2, 0.25) is 0 Å². The van der Waals surface area contributed by atoms with E-state index in [1.54, 1.807) is 31.6 Å². The summed E-state index contributed by atoms with van der Waals surface area (Å²) in [5.41, 5.74) is 1.32. The van der Waals surface area contributed by atoms with E-state index in [-0.39, 0.29) is 24.1 Å². The minimum absolute atomic E-state index is 0.0198. The Balaban J connectivity index is 1.31. The van der Waals surface area contributed by atoms with Crippen LogP contribution in [0.4, 0.5) is 8.78 Å². The number of thioether (sulfide) groups is 1. The number of aliphatic carboxylic acids is 1. The number of ether oxygens (including phenoxy) is 1. The highest BCUT2D eigenvalue weighted by molar-refractivity contribution is 7.99. The molecule has 0 unspecified atom stereocenters. The fourth-order valence-corrected chi connectivity index (χ4v) is 6.00. The van der Waals surface area contributed by atoms with Crippen LogP contribution >= 0.6 is 11.8 Å². The molecule has 37 heavy (non-hydrogen) atoms. The van der Waals surface area contributed by atoms with Crippen LogP contribution in [-0.2, 0) is 4.79 Å². The average Bonchev–Trinajstić information content (AvgIpc) is 2.90. The molecule has 0 bridgehead atoms. The van der Waals surface area contributed by atoms with E-state index in [0.29, 0.717) is 35.7 Å². The fraction of sp³-hybridized carbons (Fsp3) is 0.464. The third kappa shape index (κ3) is 7.38. The number of rotatable bonds is 12. The molecule has 3 aromatic rings. The van der Waals surface area contributed by atoms with Crippen LogP contribution in [-0.4, -0.2) is 58.4 Å². The molecular weight excluding hydrogens is 496 g/mol. The SMILES string of the molecule is COc1ccc2nccc([C@H](F)CC[C@@H]3CCN(CCCSc4ncccc4F)C[C@@H]3CC(=O)O)c2c1. The van der Waals surface area contributed by atoms with Gasteiger partial charge in [0.05, 0.1) is 12.6 Å². The van der Waals surface area contributed by atoms with E-state index in [1.807, 2.05) is 18.2 Å². The van der Waals surface area contributed by atoms with Gasteiger partial charge in [0.15, 0.2) is 5.82 Å². The van der Waals surface area contributed by atoms with E-state index in [2.05, 4.69) is 14.9 Å². The smallest absolute Gasteiger partial charge is 0.303 e. The van der Waals surface area contributed by atoms with Crippen molar-refractivity contribution in [3.8, 4) is 5.75 Å². The standard InChI is InChI=1S/C28H33F2N3O3S/c1-36-21-6-8-26-23(17-21)22(9-12-31-26)24(29)7-5-19-10-14-33(18-20(19)16-27(34)35)13-3-15-37-28-25(30)4-2-11-32-28/h2,4,6,8-9,11-12,17,19-20,24H,3,5,7,10,13-16,18H2,1H3,(H,34,35)/t19-,20+,24-/m1/s1. The number of carbonyl (C=O) groups is 1. The normalized spacial score (nSPS) is 19.1. The first-order chi connectivity index (χ1) is 17.9. The average molecular weight is 530 g/mol. The number of hydrogen-bond acceptors (Lipinski definition) is 6. The van der Waals surface area contributed by atoms with Crippen molar-refractivity contribution in [1.82, 2.24) is 14.9 Å². The van der Waals surface area contributed by atoms with Gasteiger partial charge in [0, 0.05) is 36.5 Å². The molecule has 0 amide bonds. The fourth-order valence-electron chi connectivity index (χ4n) is 5.19. The molecule has 3 atom stereocenters. The summed E-state index contributed by atoms with van der Waals surface area (Å²) in [7, 11) is 1.58. The summed E-state index contributed by atoms with van der Waals surface area (Å²) in [4.78, 5) is 22.3.